The lowest BCUT2D eigenvalue weighted by atomic mass is 10.0. The number of hydrogen-bond donors (Lipinski definition) is 2. The summed E-state index contributed by atoms with van der Waals surface area (Å²) in [6.45, 7) is 12.1. The third kappa shape index (κ3) is 6.09. The molecule has 22 heavy (non-hydrogen) atoms. The Morgan fingerprint density at radius 3 is 2.09 bits per heavy atom. The maximum Gasteiger partial charge on any atom is 0.410 e. The van der Waals surface area contributed by atoms with Crippen LogP contribution in [0, 0.1) is 5.92 Å². The van der Waals surface area contributed by atoms with E-state index in [0.29, 0.717) is 19.6 Å². The standard InChI is InChI=1S/C15H29N3O4/c1-14(2,3)21-12(19)17-11-9-18(8-10(11)7-16)13(20)22-15(4,5)6/h10-11H,7-9,16H2,1-6H3,(H,17,19). The van der Waals surface area contributed by atoms with Crippen molar-refractivity contribution in [2.45, 2.75) is 58.8 Å². The molecule has 0 saturated carbocycles. The van der Waals surface area contributed by atoms with E-state index in [1.165, 1.54) is 0 Å². The highest BCUT2D eigenvalue weighted by molar-refractivity contribution is 5.70. The number of alkyl carbamates (subject to hydrolysis) is 1. The van der Waals surface area contributed by atoms with Crippen LogP contribution in [0.15, 0.2) is 0 Å². The summed E-state index contributed by atoms with van der Waals surface area (Å²) in [6, 6.07) is -0.229. The Labute approximate surface area is 132 Å². The molecule has 1 heterocycles. The van der Waals surface area contributed by atoms with Gasteiger partial charge in [0.15, 0.2) is 0 Å². The van der Waals surface area contributed by atoms with Crippen LogP contribution in [0.3, 0.4) is 0 Å². The number of carbonyl (C=O) groups is 2. The van der Waals surface area contributed by atoms with Gasteiger partial charge in [-0.25, -0.2) is 9.59 Å². The first-order valence-electron chi connectivity index (χ1n) is 7.59. The van der Waals surface area contributed by atoms with Gasteiger partial charge in [0.25, 0.3) is 0 Å². The van der Waals surface area contributed by atoms with E-state index in [-0.39, 0.29) is 18.1 Å². The first kappa shape index (κ1) is 18.5. The first-order chi connectivity index (χ1) is 9.91. The van der Waals surface area contributed by atoms with Crippen molar-refractivity contribution in [1.29, 1.82) is 0 Å². The largest absolute Gasteiger partial charge is 0.444 e. The molecule has 1 aliphatic heterocycles. The minimum absolute atomic E-state index is 0.0139. The maximum atomic E-state index is 12.1. The van der Waals surface area contributed by atoms with E-state index in [9.17, 15) is 9.59 Å². The van der Waals surface area contributed by atoms with E-state index in [0.717, 1.165) is 0 Å². The number of nitrogens with one attached hydrogen (secondary N) is 1. The number of hydrogen-bond acceptors (Lipinski definition) is 5. The molecule has 1 rings (SSSR count). The highest BCUT2D eigenvalue weighted by Crippen LogP contribution is 2.20. The Morgan fingerprint density at radius 1 is 1.09 bits per heavy atom. The van der Waals surface area contributed by atoms with Gasteiger partial charge in [-0.05, 0) is 48.1 Å². The average Bonchev–Trinajstić information content (AvgIpc) is 2.67. The number of nitrogens with zero attached hydrogens (tertiary/aromatic N) is 1. The fraction of sp³-hybridized carbons (Fsp3) is 0.867. The fourth-order valence-electron chi connectivity index (χ4n) is 2.21. The van der Waals surface area contributed by atoms with Crippen molar-refractivity contribution in [3.05, 3.63) is 0 Å². The molecular formula is C15H29N3O4. The summed E-state index contributed by atoms with van der Waals surface area (Å²) in [5, 5.41) is 2.79. The molecule has 0 bridgehead atoms. The predicted octanol–water partition coefficient (Wildman–Crippen LogP) is 1.71. The number of rotatable bonds is 2. The van der Waals surface area contributed by atoms with Crippen molar-refractivity contribution in [2.24, 2.45) is 11.7 Å². The summed E-state index contributed by atoms with van der Waals surface area (Å²) in [4.78, 5) is 25.5. The van der Waals surface area contributed by atoms with Gasteiger partial charge >= 0.3 is 12.2 Å². The predicted molar refractivity (Wildman–Crippen MR) is 83.5 cm³/mol. The summed E-state index contributed by atoms with van der Waals surface area (Å²) in [5.41, 5.74) is 4.63. The number of ether oxygens (including phenoxy) is 2. The molecule has 0 radical (unpaired) electrons. The molecule has 0 aliphatic carbocycles. The minimum Gasteiger partial charge on any atom is -0.444 e. The number of nitrogens with two attached hydrogens (primary N) is 1. The Kier molecular flexibility index (Phi) is 5.67. The maximum absolute atomic E-state index is 12.1. The Morgan fingerprint density at radius 2 is 1.64 bits per heavy atom. The first-order valence-corrected chi connectivity index (χ1v) is 7.59. The summed E-state index contributed by atoms with van der Waals surface area (Å²) >= 11 is 0. The third-order valence-electron chi connectivity index (χ3n) is 3.10. The molecule has 128 valence electrons. The van der Waals surface area contributed by atoms with Crippen LogP contribution in [-0.4, -0.2) is 54.0 Å². The van der Waals surface area contributed by atoms with Gasteiger partial charge in [0.2, 0.25) is 0 Å². The van der Waals surface area contributed by atoms with Gasteiger partial charge in [-0.15, -0.1) is 0 Å². The second-order valence-corrected chi connectivity index (χ2v) is 7.63. The van der Waals surface area contributed by atoms with E-state index in [1.54, 1.807) is 25.7 Å². The van der Waals surface area contributed by atoms with E-state index in [4.69, 9.17) is 15.2 Å². The molecule has 2 amide bonds. The summed E-state index contributed by atoms with van der Waals surface area (Å²) in [6.07, 6.45) is -0.888. The lowest BCUT2D eigenvalue weighted by molar-refractivity contribution is 0.0279. The van der Waals surface area contributed by atoms with Gasteiger partial charge in [0, 0.05) is 19.0 Å². The third-order valence-corrected chi connectivity index (χ3v) is 3.10. The molecule has 2 atom stereocenters. The van der Waals surface area contributed by atoms with Crippen LogP contribution in [0.1, 0.15) is 41.5 Å². The Balaban J connectivity index is 2.62. The zero-order valence-electron chi connectivity index (χ0n) is 14.4. The van der Waals surface area contributed by atoms with Crippen molar-refractivity contribution in [2.75, 3.05) is 19.6 Å². The van der Waals surface area contributed by atoms with Crippen LogP contribution >= 0.6 is 0 Å². The zero-order valence-corrected chi connectivity index (χ0v) is 14.4. The fourth-order valence-corrected chi connectivity index (χ4v) is 2.21. The van der Waals surface area contributed by atoms with E-state index in [2.05, 4.69) is 5.32 Å². The smallest absolute Gasteiger partial charge is 0.410 e. The van der Waals surface area contributed by atoms with Gasteiger partial charge in [-0.1, -0.05) is 0 Å². The van der Waals surface area contributed by atoms with Gasteiger partial charge in [-0.2, -0.15) is 0 Å². The van der Waals surface area contributed by atoms with Crippen LogP contribution in [0.2, 0.25) is 0 Å². The van der Waals surface area contributed by atoms with Crippen LogP contribution in [0.5, 0.6) is 0 Å². The van der Waals surface area contributed by atoms with Crippen molar-refractivity contribution in [1.82, 2.24) is 10.2 Å². The second-order valence-electron chi connectivity index (χ2n) is 7.63. The molecule has 1 aliphatic rings. The second kappa shape index (κ2) is 6.73. The molecule has 1 fully saturated rings. The number of carbonyl (C=O) groups excluding carboxylic acids is 2. The van der Waals surface area contributed by atoms with E-state index in [1.807, 2.05) is 20.8 Å². The summed E-state index contributed by atoms with van der Waals surface area (Å²) in [5.74, 6) is -0.0139. The molecule has 2 unspecified atom stereocenters. The highest BCUT2D eigenvalue weighted by atomic mass is 16.6. The van der Waals surface area contributed by atoms with Crippen molar-refractivity contribution in [3.63, 3.8) is 0 Å². The molecule has 0 aromatic heterocycles. The number of amides is 2. The van der Waals surface area contributed by atoms with Crippen molar-refractivity contribution in [3.8, 4) is 0 Å². The van der Waals surface area contributed by atoms with Crippen molar-refractivity contribution >= 4 is 12.2 Å². The number of likely N-dealkylation sites (tertiary alicyclic amines) is 1. The van der Waals surface area contributed by atoms with Crippen LogP contribution in [0.25, 0.3) is 0 Å². The van der Waals surface area contributed by atoms with E-state index < -0.39 is 17.3 Å². The lowest BCUT2D eigenvalue weighted by Gasteiger charge is -2.25. The van der Waals surface area contributed by atoms with Gasteiger partial charge < -0.3 is 25.4 Å². The average molecular weight is 315 g/mol. The molecule has 0 aromatic carbocycles. The zero-order chi connectivity index (χ0) is 17.1. The lowest BCUT2D eigenvalue weighted by Crippen LogP contribution is -2.45. The molecule has 0 aromatic rings. The molecule has 1 saturated heterocycles. The Bertz CT molecular complexity index is 412. The summed E-state index contributed by atoms with van der Waals surface area (Å²) in [7, 11) is 0. The quantitative estimate of drug-likeness (QED) is 0.809. The highest BCUT2D eigenvalue weighted by Gasteiger charge is 2.37. The molecule has 3 N–H and O–H groups in total. The molecule has 0 spiro atoms. The van der Waals surface area contributed by atoms with E-state index >= 15 is 0 Å². The van der Waals surface area contributed by atoms with Crippen molar-refractivity contribution < 1.29 is 19.1 Å². The molecule has 7 nitrogen and oxygen atoms in total. The van der Waals surface area contributed by atoms with Gasteiger partial charge in [0.1, 0.15) is 11.2 Å². The van der Waals surface area contributed by atoms with Crippen LogP contribution in [0.4, 0.5) is 9.59 Å². The topological polar surface area (TPSA) is 93.9 Å². The minimum atomic E-state index is -0.564. The Hall–Kier alpha value is -1.50. The van der Waals surface area contributed by atoms with Gasteiger partial charge in [0.05, 0.1) is 6.04 Å². The monoisotopic (exact) mass is 315 g/mol. The van der Waals surface area contributed by atoms with Crippen LogP contribution in [-0.2, 0) is 9.47 Å². The molecular weight excluding hydrogens is 286 g/mol. The summed E-state index contributed by atoms with van der Waals surface area (Å²) < 4.78 is 10.6. The molecule has 7 heteroatoms. The SMILES string of the molecule is CC(C)(C)OC(=O)NC1CN(C(=O)OC(C)(C)C)CC1CN. The normalized spacial score (nSPS) is 22.4. The van der Waals surface area contributed by atoms with Gasteiger partial charge in [-0.3, -0.25) is 0 Å². The van der Waals surface area contributed by atoms with Crippen LogP contribution < -0.4 is 11.1 Å².